The third kappa shape index (κ3) is 3.23. The summed E-state index contributed by atoms with van der Waals surface area (Å²) >= 11 is 1.43. The molecule has 0 bridgehead atoms. The van der Waals surface area contributed by atoms with Crippen LogP contribution in [0, 0.1) is 6.92 Å². The Morgan fingerprint density at radius 1 is 1.18 bits per heavy atom. The standard InChI is InChI=1S/C16H17N3O2S/c1-5-14(20)18(3)13-8-6-12(7-9-13)15(21)19(4)16-17-11(2)10-22-16/h5-10H,1H2,2-4H3. The molecule has 0 N–H and O–H groups in total. The van der Waals surface area contributed by atoms with Crippen LogP contribution in [0.1, 0.15) is 16.1 Å². The summed E-state index contributed by atoms with van der Waals surface area (Å²) in [5.41, 5.74) is 2.13. The average molecular weight is 315 g/mol. The maximum atomic E-state index is 12.4. The van der Waals surface area contributed by atoms with Gasteiger partial charge in [-0.2, -0.15) is 0 Å². The lowest BCUT2D eigenvalue weighted by atomic mass is 10.1. The fraction of sp³-hybridized carbons (Fsp3) is 0.188. The van der Waals surface area contributed by atoms with Gasteiger partial charge in [-0.05, 0) is 37.3 Å². The van der Waals surface area contributed by atoms with Crippen molar-refractivity contribution in [2.75, 3.05) is 23.9 Å². The first-order valence-electron chi connectivity index (χ1n) is 6.64. The second-order valence-corrected chi connectivity index (χ2v) is 5.62. The van der Waals surface area contributed by atoms with E-state index in [1.165, 1.54) is 27.2 Å². The van der Waals surface area contributed by atoms with Crippen LogP contribution < -0.4 is 9.80 Å². The summed E-state index contributed by atoms with van der Waals surface area (Å²) in [5, 5.41) is 2.56. The van der Waals surface area contributed by atoms with Crippen molar-refractivity contribution in [3.8, 4) is 0 Å². The van der Waals surface area contributed by atoms with Gasteiger partial charge in [0.1, 0.15) is 0 Å². The molecule has 0 fully saturated rings. The van der Waals surface area contributed by atoms with Crippen molar-refractivity contribution >= 4 is 34.0 Å². The van der Waals surface area contributed by atoms with E-state index >= 15 is 0 Å². The van der Waals surface area contributed by atoms with E-state index in [1.807, 2.05) is 12.3 Å². The van der Waals surface area contributed by atoms with E-state index in [9.17, 15) is 9.59 Å². The molecule has 0 spiro atoms. The minimum absolute atomic E-state index is 0.140. The Bertz CT molecular complexity index is 706. The highest BCUT2D eigenvalue weighted by atomic mass is 32.1. The Morgan fingerprint density at radius 3 is 2.32 bits per heavy atom. The highest BCUT2D eigenvalue weighted by molar-refractivity contribution is 7.14. The fourth-order valence-electron chi connectivity index (χ4n) is 1.87. The summed E-state index contributed by atoms with van der Waals surface area (Å²) in [5.74, 6) is -0.340. The maximum Gasteiger partial charge on any atom is 0.259 e. The van der Waals surface area contributed by atoms with Gasteiger partial charge in [-0.1, -0.05) is 6.58 Å². The smallest absolute Gasteiger partial charge is 0.259 e. The molecule has 114 valence electrons. The number of aromatic nitrogens is 1. The molecule has 6 heteroatoms. The zero-order chi connectivity index (χ0) is 16.3. The van der Waals surface area contributed by atoms with Crippen molar-refractivity contribution in [2.24, 2.45) is 0 Å². The van der Waals surface area contributed by atoms with Crippen LogP contribution >= 0.6 is 11.3 Å². The van der Waals surface area contributed by atoms with Gasteiger partial charge in [0.25, 0.3) is 5.91 Å². The molecule has 2 amide bonds. The molecule has 0 aliphatic heterocycles. The first kappa shape index (κ1) is 15.9. The van der Waals surface area contributed by atoms with Crippen molar-refractivity contribution in [1.29, 1.82) is 0 Å². The average Bonchev–Trinajstić information content (AvgIpc) is 2.98. The largest absolute Gasteiger partial charge is 0.312 e. The molecule has 0 radical (unpaired) electrons. The van der Waals surface area contributed by atoms with Crippen molar-refractivity contribution in [1.82, 2.24) is 4.98 Å². The molecule has 22 heavy (non-hydrogen) atoms. The van der Waals surface area contributed by atoms with Crippen LogP contribution in [0.2, 0.25) is 0 Å². The van der Waals surface area contributed by atoms with Crippen LogP contribution in [0.4, 0.5) is 10.8 Å². The lowest BCUT2D eigenvalue weighted by molar-refractivity contribution is -0.113. The summed E-state index contributed by atoms with van der Waals surface area (Å²) in [4.78, 5) is 31.3. The number of carbonyl (C=O) groups excluding carboxylic acids is 2. The molecular weight excluding hydrogens is 298 g/mol. The molecule has 0 aliphatic rings. The second-order valence-electron chi connectivity index (χ2n) is 4.78. The minimum atomic E-state index is -0.200. The summed E-state index contributed by atoms with van der Waals surface area (Å²) in [7, 11) is 3.35. The molecule has 1 aromatic heterocycles. The highest BCUT2D eigenvalue weighted by Crippen LogP contribution is 2.21. The molecule has 5 nitrogen and oxygen atoms in total. The third-order valence-electron chi connectivity index (χ3n) is 3.21. The number of nitrogens with zero attached hydrogens (tertiary/aromatic N) is 3. The van der Waals surface area contributed by atoms with Gasteiger partial charge in [0.2, 0.25) is 5.91 Å². The Kier molecular flexibility index (Phi) is 4.72. The van der Waals surface area contributed by atoms with Gasteiger partial charge in [-0.3, -0.25) is 14.5 Å². The Labute approximate surface area is 133 Å². The number of benzene rings is 1. The van der Waals surface area contributed by atoms with E-state index in [0.717, 1.165) is 5.69 Å². The van der Waals surface area contributed by atoms with Crippen LogP contribution in [-0.2, 0) is 4.79 Å². The lowest BCUT2D eigenvalue weighted by Crippen LogP contribution is -2.26. The topological polar surface area (TPSA) is 53.5 Å². The third-order valence-corrected chi connectivity index (χ3v) is 4.24. The van der Waals surface area contributed by atoms with E-state index in [2.05, 4.69) is 11.6 Å². The van der Waals surface area contributed by atoms with Crippen molar-refractivity contribution in [3.05, 3.63) is 53.6 Å². The Balaban J connectivity index is 2.17. The number of hydrogen-bond acceptors (Lipinski definition) is 4. The predicted octanol–water partition coefficient (Wildman–Crippen LogP) is 2.88. The number of likely N-dealkylation sites (N-methyl/N-ethyl adjacent to an activating group) is 1. The summed E-state index contributed by atoms with van der Waals surface area (Å²) in [6.45, 7) is 5.34. The van der Waals surface area contributed by atoms with Crippen LogP contribution in [0.3, 0.4) is 0 Å². The van der Waals surface area contributed by atoms with Gasteiger partial charge >= 0.3 is 0 Å². The second kappa shape index (κ2) is 6.53. The minimum Gasteiger partial charge on any atom is -0.312 e. The number of thiazole rings is 1. The molecule has 0 saturated carbocycles. The fourth-order valence-corrected chi connectivity index (χ4v) is 2.63. The molecule has 0 saturated heterocycles. The molecule has 1 heterocycles. The number of carbonyl (C=O) groups is 2. The van der Waals surface area contributed by atoms with Gasteiger partial charge in [-0.15, -0.1) is 11.3 Å². The first-order valence-corrected chi connectivity index (χ1v) is 7.52. The molecule has 0 atom stereocenters. The van der Waals surface area contributed by atoms with E-state index < -0.39 is 0 Å². The van der Waals surface area contributed by atoms with Gasteiger partial charge < -0.3 is 4.90 Å². The number of hydrogen-bond donors (Lipinski definition) is 0. The van der Waals surface area contributed by atoms with E-state index in [0.29, 0.717) is 16.4 Å². The maximum absolute atomic E-state index is 12.4. The highest BCUT2D eigenvalue weighted by Gasteiger charge is 2.16. The summed E-state index contributed by atoms with van der Waals surface area (Å²) in [6.07, 6.45) is 1.25. The van der Waals surface area contributed by atoms with Crippen molar-refractivity contribution in [3.63, 3.8) is 0 Å². The lowest BCUT2D eigenvalue weighted by Gasteiger charge is -2.17. The van der Waals surface area contributed by atoms with E-state index in [-0.39, 0.29) is 11.8 Å². The van der Waals surface area contributed by atoms with E-state index in [1.54, 1.807) is 38.4 Å². The van der Waals surface area contributed by atoms with Crippen molar-refractivity contribution in [2.45, 2.75) is 6.92 Å². The number of aryl methyl sites for hydroxylation is 1. The monoisotopic (exact) mass is 315 g/mol. The number of amides is 2. The van der Waals surface area contributed by atoms with Crippen LogP contribution in [0.15, 0.2) is 42.3 Å². The molecule has 0 unspecified atom stereocenters. The molecule has 1 aromatic carbocycles. The first-order chi connectivity index (χ1) is 10.4. The molecule has 0 aliphatic carbocycles. The van der Waals surface area contributed by atoms with Crippen LogP contribution in [0.5, 0.6) is 0 Å². The normalized spacial score (nSPS) is 10.1. The van der Waals surface area contributed by atoms with Gasteiger partial charge in [0.05, 0.1) is 5.69 Å². The Hall–Kier alpha value is -2.47. The Morgan fingerprint density at radius 2 is 1.82 bits per heavy atom. The number of anilines is 2. The molecular formula is C16H17N3O2S. The molecule has 2 rings (SSSR count). The van der Waals surface area contributed by atoms with Crippen LogP contribution in [-0.4, -0.2) is 30.9 Å². The van der Waals surface area contributed by atoms with E-state index in [4.69, 9.17) is 0 Å². The SMILES string of the molecule is C=CC(=O)N(C)c1ccc(C(=O)N(C)c2nc(C)cs2)cc1. The molecule has 2 aromatic rings. The summed E-state index contributed by atoms with van der Waals surface area (Å²) in [6, 6.07) is 6.86. The summed E-state index contributed by atoms with van der Waals surface area (Å²) < 4.78 is 0. The van der Waals surface area contributed by atoms with Crippen molar-refractivity contribution < 1.29 is 9.59 Å². The number of rotatable bonds is 4. The quantitative estimate of drug-likeness (QED) is 0.815. The van der Waals surface area contributed by atoms with Crippen LogP contribution in [0.25, 0.3) is 0 Å². The van der Waals surface area contributed by atoms with Gasteiger partial charge in [-0.25, -0.2) is 4.98 Å². The van der Waals surface area contributed by atoms with Gasteiger partial charge in [0.15, 0.2) is 5.13 Å². The zero-order valence-electron chi connectivity index (χ0n) is 12.7. The zero-order valence-corrected chi connectivity index (χ0v) is 13.6. The predicted molar refractivity (Wildman–Crippen MR) is 89.6 cm³/mol. The van der Waals surface area contributed by atoms with Gasteiger partial charge in [0, 0.05) is 30.7 Å².